The first-order valence-corrected chi connectivity index (χ1v) is 10.7. The van der Waals surface area contributed by atoms with Gasteiger partial charge in [0, 0.05) is 13.5 Å². The molecule has 14 nitrogen and oxygen atoms in total. The normalized spacial score (nSPS) is 51.5. The van der Waals surface area contributed by atoms with E-state index >= 15 is 0 Å². The van der Waals surface area contributed by atoms with E-state index in [-0.39, 0.29) is 6.42 Å². The minimum Gasteiger partial charge on any atom is -0.394 e. The first-order valence-electron chi connectivity index (χ1n) is 10.7. The van der Waals surface area contributed by atoms with Crippen molar-refractivity contribution in [2.24, 2.45) is 0 Å². The average molecular weight is 486 g/mol. The predicted octanol–water partition coefficient (Wildman–Crippen LogP) is -4.86. The summed E-state index contributed by atoms with van der Waals surface area (Å²) in [5.74, 6) is 0. The molecule has 0 aromatic carbocycles. The van der Waals surface area contributed by atoms with Gasteiger partial charge in [-0.2, -0.15) is 0 Å². The lowest BCUT2D eigenvalue weighted by Gasteiger charge is -2.47. The lowest BCUT2D eigenvalue weighted by Crippen LogP contribution is -2.65. The molecule has 1 unspecified atom stereocenters. The first-order chi connectivity index (χ1) is 15.6. The maximum absolute atomic E-state index is 10.7. The third-order valence-corrected chi connectivity index (χ3v) is 6.19. The second-order valence-corrected chi connectivity index (χ2v) is 8.41. The van der Waals surface area contributed by atoms with Crippen molar-refractivity contribution in [2.45, 2.75) is 99.4 Å². The van der Waals surface area contributed by atoms with Crippen molar-refractivity contribution >= 4 is 0 Å². The highest BCUT2D eigenvalue weighted by molar-refractivity contribution is 4.95. The van der Waals surface area contributed by atoms with Crippen LogP contribution < -0.4 is 0 Å². The monoisotopic (exact) mass is 486 g/mol. The van der Waals surface area contributed by atoms with Gasteiger partial charge in [0.15, 0.2) is 18.9 Å². The van der Waals surface area contributed by atoms with E-state index < -0.39 is 99.2 Å². The van der Waals surface area contributed by atoms with Crippen LogP contribution in [0.4, 0.5) is 0 Å². The van der Waals surface area contributed by atoms with Gasteiger partial charge in [-0.05, 0) is 6.92 Å². The quantitative estimate of drug-likeness (QED) is 0.169. The van der Waals surface area contributed by atoms with Crippen molar-refractivity contribution in [3.8, 4) is 0 Å². The standard InChI is InChI=1S/C19H34O14/c1-6-16(7(28-2)3-10(22)29-6)32-19-15(27)13(25)17(9(5-21)31-19)33-18-14(26)12(24)11(23)8(4-20)30-18/h6-27H,3-5H2,1-2H3/t6-,7+,8-,9-,10?,11-,12+,13-,14-,15-,16-,17-,18+,19+/m1/s1. The Kier molecular flexibility index (Phi) is 9.38. The van der Waals surface area contributed by atoms with Crippen molar-refractivity contribution in [3.05, 3.63) is 0 Å². The Morgan fingerprint density at radius 2 is 1.24 bits per heavy atom. The molecule has 0 aromatic rings. The number of aliphatic hydroxyl groups is 8. The van der Waals surface area contributed by atoms with Crippen LogP contribution >= 0.6 is 0 Å². The molecule has 14 atom stereocenters. The fraction of sp³-hybridized carbons (Fsp3) is 1.00. The predicted molar refractivity (Wildman–Crippen MR) is 103 cm³/mol. The Labute approximate surface area is 189 Å². The van der Waals surface area contributed by atoms with Crippen molar-refractivity contribution in [1.82, 2.24) is 0 Å². The molecule has 0 saturated carbocycles. The summed E-state index contributed by atoms with van der Waals surface area (Å²) in [5.41, 5.74) is 0. The van der Waals surface area contributed by atoms with Gasteiger partial charge in [0.1, 0.15) is 54.9 Å². The number of aliphatic hydroxyl groups excluding tert-OH is 8. The molecule has 3 rings (SSSR count). The maximum atomic E-state index is 10.7. The lowest BCUT2D eigenvalue weighted by molar-refractivity contribution is -0.372. The van der Waals surface area contributed by atoms with E-state index in [2.05, 4.69) is 0 Å². The molecule has 0 radical (unpaired) electrons. The highest BCUT2D eigenvalue weighted by atomic mass is 16.8. The fourth-order valence-corrected chi connectivity index (χ4v) is 4.27. The minimum atomic E-state index is -1.76. The van der Waals surface area contributed by atoms with Gasteiger partial charge in [-0.25, -0.2) is 0 Å². The summed E-state index contributed by atoms with van der Waals surface area (Å²) in [6, 6.07) is 0. The summed E-state index contributed by atoms with van der Waals surface area (Å²) in [7, 11) is 1.42. The van der Waals surface area contributed by atoms with E-state index in [4.69, 9.17) is 28.4 Å². The van der Waals surface area contributed by atoms with Gasteiger partial charge in [0.2, 0.25) is 0 Å². The summed E-state index contributed by atoms with van der Waals surface area (Å²) in [6.07, 6.45) is -18.5. The Hall–Kier alpha value is -0.560. The molecule has 0 bridgehead atoms. The Morgan fingerprint density at radius 1 is 0.697 bits per heavy atom. The largest absolute Gasteiger partial charge is 0.394 e. The van der Waals surface area contributed by atoms with Crippen LogP contribution in [0.15, 0.2) is 0 Å². The van der Waals surface area contributed by atoms with Gasteiger partial charge in [-0.1, -0.05) is 0 Å². The third kappa shape index (κ3) is 5.65. The van der Waals surface area contributed by atoms with Gasteiger partial charge >= 0.3 is 0 Å². The van der Waals surface area contributed by atoms with Crippen LogP contribution in [-0.4, -0.2) is 147 Å². The van der Waals surface area contributed by atoms with Gasteiger partial charge in [-0.15, -0.1) is 0 Å². The van der Waals surface area contributed by atoms with Crippen molar-refractivity contribution in [2.75, 3.05) is 20.3 Å². The highest BCUT2D eigenvalue weighted by Crippen LogP contribution is 2.32. The molecule has 0 aromatic heterocycles. The molecule has 3 aliphatic heterocycles. The lowest BCUT2D eigenvalue weighted by atomic mass is 9.96. The zero-order chi connectivity index (χ0) is 24.4. The molecular weight excluding hydrogens is 452 g/mol. The fourth-order valence-electron chi connectivity index (χ4n) is 4.27. The van der Waals surface area contributed by atoms with Crippen molar-refractivity contribution in [1.29, 1.82) is 0 Å². The summed E-state index contributed by atoms with van der Waals surface area (Å²) >= 11 is 0. The number of hydrogen-bond donors (Lipinski definition) is 8. The van der Waals surface area contributed by atoms with E-state index in [9.17, 15) is 40.9 Å². The zero-order valence-corrected chi connectivity index (χ0v) is 18.2. The maximum Gasteiger partial charge on any atom is 0.187 e. The van der Waals surface area contributed by atoms with E-state index in [0.717, 1.165) is 0 Å². The summed E-state index contributed by atoms with van der Waals surface area (Å²) < 4.78 is 32.8. The molecule has 0 aliphatic carbocycles. The number of methoxy groups -OCH3 is 1. The summed E-state index contributed by atoms with van der Waals surface area (Å²) in [5, 5.41) is 80.1. The second-order valence-electron chi connectivity index (χ2n) is 8.41. The summed E-state index contributed by atoms with van der Waals surface area (Å²) in [6.45, 7) is 0.252. The van der Waals surface area contributed by atoms with Crippen LogP contribution in [0.1, 0.15) is 13.3 Å². The van der Waals surface area contributed by atoms with Crippen LogP contribution in [0.2, 0.25) is 0 Å². The molecule has 0 spiro atoms. The molecule has 3 saturated heterocycles. The average Bonchev–Trinajstić information content (AvgIpc) is 2.79. The number of rotatable bonds is 7. The van der Waals surface area contributed by atoms with Crippen LogP contribution in [0.25, 0.3) is 0 Å². The van der Waals surface area contributed by atoms with Crippen LogP contribution in [-0.2, 0) is 28.4 Å². The van der Waals surface area contributed by atoms with E-state index in [1.807, 2.05) is 0 Å². The minimum absolute atomic E-state index is 0.100. The second kappa shape index (κ2) is 11.5. The zero-order valence-electron chi connectivity index (χ0n) is 18.2. The molecule has 3 fully saturated rings. The van der Waals surface area contributed by atoms with E-state index in [0.29, 0.717) is 0 Å². The Balaban J connectivity index is 1.70. The Morgan fingerprint density at radius 3 is 1.82 bits per heavy atom. The first kappa shape index (κ1) is 27.0. The van der Waals surface area contributed by atoms with Gasteiger partial charge in [0.05, 0.1) is 25.4 Å². The molecule has 3 aliphatic rings. The number of ether oxygens (including phenoxy) is 6. The molecule has 8 N–H and O–H groups in total. The molecular formula is C19H34O14. The highest BCUT2D eigenvalue weighted by Gasteiger charge is 2.52. The van der Waals surface area contributed by atoms with Crippen LogP contribution in [0, 0.1) is 0 Å². The van der Waals surface area contributed by atoms with Crippen molar-refractivity contribution in [3.63, 3.8) is 0 Å². The molecule has 0 amide bonds. The molecule has 14 heteroatoms. The Bertz CT molecular complexity index is 607. The number of hydrogen-bond acceptors (Lipinski definition) is 14. The topological polar surface area (TPSA) is 217 Å². The van der Waals surface area contributed by atoms with Crippen molar-refractivity contribution < 1.29 is 69.3 Å². The molecule has 194 valence electrons. The van der Waals surface area contributed by atoms with Gasteiger partial charge < -0.3 is 69.3 Å². The molecule has 3 heterocycles. The van der Waals surface area contributed by atoms with Crippen LogP contribution in [0.5, 0.6) is 0 Å². The van der Waals surface area contributed by atoms with E-state index in [1.165, 1.54) is 7.11 Å². The SMILES string of the molecule is CO[C@H]1CC(O)O[C@H](C)[C@H]1O[C@@H]1O[C@H](CO)[C@@H](O[C@@H]2O[C@H](CO)[C@@H](O)[C@H](O)[C@H]2O)[C@H](O)[C@H]1O. The smallest absolute Gasteiger partial charge is 0.187 e. The third-order valence-electron chi connectivity index (χ3n) is 6.19. The summed E-state index contributed by atoms with van der Waals surface area (Å²) in [4.78, 5) is 0. The molecule has 33 heavy (non-hydrogen) atoms. The van der Waals surface area contributed by atoms with Gasteiger partial charge in [-0.3, -0.25) is 0 Å². The van der Waals surface area contributed by atoms with E-state index in [1.54, 1.807) is 6.92 Å². The van der Waals surface area contributed by atoms with Crippen LogP contribution in [0.3, 0.4) is 0 Å². The van der Waals surface area contributed by atoms with Gasteiger partial charge in [0.25, 0.3) is 0 Å².